The van der Waals surface area contributed by atoms with Crippen LogP contribution in [0.2, 0.25) is 5.02 Å². The van der Waals surface area contributed by atoms with Crippen molar-refractivity contribution in [2.24, 2.45) is 0 Å². The molecule has 3 aromatic carbocycles. The average molecular weight is 534 g/mol. The van der Waals surface area contributed by atoms with Crippen LogP contribution in [0.1, 0.15) is 18.1 Å². The molecule has 1 unspecified atom stereocenters. The quantitative estimate of drug-likeness (QED) is 0.434. The number of benzene rings is 3. The van der Waals surface area contributed by atoms with Crippen LogP contribution in [0.3, 0.4) is 0 Å². The summed E-state index contributed by atoms with van der Waals surface area (Å²) in [5.41, 5.74) is 2.70. The Labute approximate surface area is 201 Å². The van der Waals surface area contributed by atoms with Gasteiger partial charge in [-0.25, -0.2) is 8.42 Å². The van der Waals surface area contributed by atoms with Crippen molar-refractivity contribution in [2.75, 3.05) is 11.4 Å². The van der Waals surface area contributed by atoms with Gasteiger partial charge in [-0.2, -0.15) is 4.31 Å². The van der Waals surface area contributed by atoms with E-state index in [1.807, 2.05) is 55.5 Å². The third-order valence-corrected chi connectivity index (χ3v) is 8.04. The molecule has 0 fully saturated rings. The van der Waals surface area contributed by atoms with E-state index in [9.17, 15) is 13.2 Å². The van der Waals surface area contributed by atoms with Crippen LogP contribution in [-0.4, -0.2) is 31.2 Å². The van der Waals surface area contributed by atoms with E-state index in [2.05, 4.69) is 15.9 Å². The minimum Gasteiger partial charge on any atom is -0.308 e. The molecule has 166 valence electrons. The minimum absolute atomic E-state index is 0.0522. The fourth-order valence-corrected chi connectivity index (χ4v) is 5.89. The molecule has 1 amide bonds. The van der Waals surface area contributed by atoms with E-state index in [-0.39, 0.29) is 29.9 Å². The topological polar surface area (TPSA) is 57.7 Å². The SMILES string of the molecule is CC1Cc2cc(Br)ccc2N1C(=O)CN(Cc1ccccc1)S(=O)(=O)c1ccc(Cl)cc1. The summed E-state index contributed by atoms with van der Waals surface area (Å²) in [7, 11) is -3.92. The third kappa shape index (κ3) is 4.76. The Kier molecular flexibility index (Phi) is 6.72. The normalized spacial score (nSPS) is 15.8. The Morgan fingerprint density at radius 2 is 1.78 bits per heavy atom. The Hall–Kier alpha value is -2.19. The fraction of sp³-hybridized carbons (Fsp3) is 0.208. The summed E-state index contributed by atoms with van der Waals surface area (Å²) in [5.74, 6) is -0.257. The highest BCUT2D eigenvalue weighted by atomic mass is 79.9. The molecular weight excluding hydrogens is 512 g/mol. The first-order valence-electron chi connectivity index (χ1n) is 10.2. The van der Waals surface area contributed by atoms with Crippen molar-refractivity contribution in [2.45, 2.75) is 30.8 Å². The predicted octanol–water partition coefficient (Wildman–Crippen LogP) is 5.27. The van der Waals surface area contributed by atoms with Crippen molar-refractivity contribution in [1.29, 1.82) is 0 Å². The molecule has 0 N–H and O–H groups in total. The number of halogens is 2. The summed E-state index contributed by atoms with van der Waals surface area (Å²) in [6.07, 6.45) is 0.725. The summed E-state index contributed by atoms with van der Waals surface area (Å²) >= 11 is 9.42. The molecule has 1 heterocycles. The summed E-state index contributed by atoms with van der Waals surface area (Å²) in [6.45, 7) is 1.80. The maximum atomic E-state index is 13.5. The second-order valence-corrected chi connectivity index (χ2v) is 11.1. The molecule has 0 bridgehead atoms. The molecule has 0 saturated carbocycles. The maximum absolute atomic E-state index is 13.5. The van der Waals surface area contributed by atoms with E-state index >= 15 is 0 Å². The largest absolute Gasteiger partial charge is 0.308 e. The van der Waals surface area contributed by atoms with Crippen LogP contribution in [0, 0.1) is 0 Å². The number of amides is 1. The van der Waals surface area contributed by atoms with Crippen LogP contribution < -0.4 is 4.90 Å². The van der Waals surface area contributed by atoms with Gasteiger partial charge >= 0.3 is 0 Å². The highest BCUT2D eigenvalue weighted by Gasteiger charge is 2.34. The molecule has 1 aliphatic rings. The van der Waals surface area contributed by atoms with Gasteiger partial charge in [-0.3, -0.25) is 4.79 Å². The van der Waals surface area contributed by atoms with E-state index < -0.39 is 10.0 Å². The van der Waals surface area contributed by atoms with Gasteiger partial charge in [0, 0.05) is 27.8 Å². The standard InChI is InChI=1S/C24H22BrClN2O3S/c1-17-13-19-14-20(25)7-12-23(19)28(17)24(29)16-27(15-18-5-3-2-4-6-18)32(30,31)22-10-8-21(26)9-11-22/h2-12,14,17H,13,15-16H2,1H3. The number of hydrogen-bond acceptors (Lipinski definition) is 3. The van der Waals surface area contributed by atoms with E-state index in [0.717, 1.165) is 27.7 Å². The first-order valence-corrected chi connectivity index (χ1v) is 12.8. The number of carbonyl (C=O) groups excluding carboxylic acids is 1. The van der Waals surface area contributed by atoms with Crippen molar-refractivity contribution >= 4 is 49.1 Å². The van der Waals surface area contributed by atoms with Gasteiger partial charge in [0.1, 0.15) is 0 Å². The average Bonchev–Trinajstić information content (AvgIpc) is 3.09. The molecule has 0 saturated heterocycles. The van der Waals surface area contributed by atoms with Crippen molar-refractivity contribution in [3.8, 4) is 0 Å². The van der Waals surface area contributed by atoms with Gasteiger partial charge in [-0.05, 0) is 66.9 Å². The van der Waals surface area contributed by atoms with Gasteiger partial charge in [0.05, 0.1) is 11.4 Å². The first kappa shape index (κ1) is 23.0. The van der Waals surface area contributed by atoms with Crippen molar-refractivity contribution in [3.05, 3.63) is 93.4 Å². The van der Waals surface area contributed by atoms with Gasteiger partial charge in [-0.15, -0.1) is 0 Å². The molecule has 0 spiro atoms. The summed E-state index contributed by atoms with van der Waals surface area (Å²) in [6, 6.07) is 21.0. The second kappa shape index (κ2) is 9.35. The zero-order valence-corrected chi connectivity index (χ0v) is 20.6. The van der Waals surface area contributed by atoms with Crippen molar-refractivity contribution in [3.63, 3.8) is 0 Å². The molecule has 8 heteroatoms. The van der Waals surface area contributed by atoms with Gasteiger partial charge in [0.15, 0.2) is 0 Å². The van der Waals surface area contributed by atoms with E-state index in [4.69, 9.17) is 11.6 Å². The number of carbonyl (C=O) groups is 1. The highest BCUT2D eigenvalue weighted by molar-refractivity contribution is 9.10. The fourth-order valence-electron chi connectivity index (χ4n) is 3.98. The van der Waals surface area contributed by atoms with Gasteiger partial charge in [0.2, 0.25) is 15.9 Å². The van der Waals surface area contributed by atoms with E-state index in [1.165, 1.54) is 28.6 Å². The Morgan fingerprint density at radius 1 is 1.09 bits per heavy atom. The molecule has 0 aliphatic carbocycles. The van der Waals surface area contributed by atoms with Gasteiger partial charge in [-0.1, -0.05) is 57.9 Å². The molecule has 3 aromatic rings. The van der Waals surface area contributed by atoms with Crippen LogP contribution in [0.5, 0.6) is 0 Å². The number of anilines is 1. The Bertz CT molecular complexity index is 1230. The predicted molar refractivity (Wildman–Crippen MR) is 130 cm³/mol. The highest BCUT2D eigenvalue weighted by Crippen LogP contribution is 2.34. The van der Waals surface area contributed by atoms with Crippen molar-refractivity contribution in [1.82, 2.24) is 4.31 Å². The summed E-state index contributed by atoms with van der Waals surface area (Å²) in [5, 5.41) is 0.447. The van der Waals surface area contributed by atoms with Crippen LogP contribution in [0.4, 0.5) is 5.69 Å². The molecule has 32 heavy (non-hydrogen) atoms. The first-order chi connectivity index (χ1) is 15.3. The molecule has 5 nitrogen and oxygen atoms in total. The molecule has 0 radical (unpaired) electrons. The van der Waals surface area contributed by atoms with E-state index in [0.29, 0.717) is 5.02 Å². The number of rotatable bonds is 6. The second-order valence-electron chi connectivity index (χ2n) is 7.80. The third-order valence-electron chi connectivity index (χ3n) is 5.49. The number of hydrogen-bond donors (Lipinski definition) is 0. The Balaban J connectivity index is 1.66. The van der Waals surface area contributed by atoms with Crippen LogP contribution in [0.25, 0.3) is 0 Å². The lowest BCUT2D eigenvalue weighted by atomic mass is 10.1. The molecule has 1 aliphatic heterocycles. The lowest BCUT2D eigenvalue weighted by molar-refractivity contribution is -0.119. The molecule has 1 atom stereocenters. The molecule has 4 rings (SSSR count). The monoisotopic (exact) mass is 532 g/mol. The van der Waals surface area contributed by atoms with Crippen LogP contribution in [0.15, 0.2) is 82.2 Å². The van der Waals surface area contributed by atoms with Gasteiger partial charge in [0.25, 0.3) is 0 Å². The molecular formula is C24H22BrClN2O3S. The Morgan fingerprint density at radius 3 is 2.47 bits per heavy atom. The lowest BCUT2D eigenvalue weighted by Crippen LogP contribution is -2.44. The lowest BCUT2D eigenvalue weighted by Gasteiger charge is -2.27. The number of nitrogens with zero attached hydrogens (tertiary/aromatic N) is 2. The number of sulfonamides is 1. The smallest absolute Gasteiger partial charge is 0.243 e. The van der Waals surface area contributed by atoms with Crippen molar-refractivity contribution < 1.29 is 13.2 Å². The zero-order valence-electron chi connectivity index (χ0n) is 17.4. The zero-order chi connectivity index (χ0) is 22.9. The van der Waals surface area contributed by atoms with Crippen LogP contribution >= 0.6 is 27.5 Å². The molecule has 0 aromatic heterocycles. The summed E-state index contributed by atoms with van der Waals surface area (Å²) in [4.78, 5) is 15.2. The summed E-state index contributed by atoms with van der Waals surface area (Å²) < 4.78 is 29.1. The minimum atomic E-state index is -3.92. The van der Waals surface area contributed by atoms with Crippen LogP contribution in [-0.2, 0) is 27.8 Å². The van der Waals surface area contributed by atoms with Gasteiger partial charge < -0.3 is 4.90 Å². The maximum Gasteiger partial charge on any atom is 0.243 e. The van der Waals surface area contributed by atoms with E-state index in [1.54, 1.807) is 4.90 Å². The number of fused-ring (bicyclic) bond motifs is 1.